The predicted molar refractivity (Wildman–Crippen MR) is 75.8 cm³/mol. The second-order valence-corrected chi connectivity index (χ2v) is 4.44. The molecule has 4 heteroatoms. The Morgan fingerprint density at radius 1 is 1.19 bits per heavy atom. The summed E-state index contributed by atoms with van der Waals surface area (Å²) in [6.07, 6.45) is 0. The van der Waals surface area contributed by atoms with Crippen LogP contribution < -0.4 is 4.74 Å². The Kier molecular flexibility index (Phi) is 4.91. The fraction of sp³-hybridized carbons (Fsp3) is 0.176. The maximum Gasteiger partial charge on any atom is 0.165 e. The highest BCUT2D eigenvalue weighted by Gasteiger charge is 2.08. The second kappa shape index (κ2) is 6.87. The van der Waals surface area contributed by atoms with Crippen LogP contribution >= 0.6 is 0 Å². The van der Waals surface area contributed by atoms with Crippen molar-refractivity contribution in [3.05, 3.63) is 64.7 Å². The van der Waals surface area contributed by atoms with E-state index in [1.165, 1.54) is 12.1 Å². The molecule has 0 aromatic heterocycles. The fourth-order valence-electron chi connectivity index (χ4n) is 1.82. The molecule has 2 nitrogen and oxygen atoms in total. The van der Waals surface area contributed by atoms with Crippen LogP contribution in [0.15, 0.2) is 36.4 Å². The molecule has 0 aliphatic rings. The van der Waals surface area contributed by atoms with Crippen LogP contribution in [0.2, 0.25) is 0 Å². The van der Waals surface area contributed by atoms with Gasteiger partial charge in [0.05, 0.1) is 0 Å². The lowest BCUT2D eigenvalue weighted by atomic mass is 10.1. The minimum absolute atomic E-state index is 0.0509. The van der Waals surface area contributed by atoms with Crippen LogP contribution in [0.4, 0.5) is 8.78 Å². The molecule has 0 aliphatic heterocycles. The lowest BCUT2D eigenvalue weighted by molar-refractivity contribution is 0.297. The highest BCUT2D eigenvalue weighted by Crippen LogP contribution is 2.19. The summed E-state index contributed by atoms with van der Waals surface area (Å²) in [5.41, 5.74) is 1.83. The Balaban J connectivity index is 2.10. The van der Waals surface area contributed by atoms with E-state index in [9.17, 15) is 8.78 Å². The predicted octanol–water partition coefficient (Wildman–Crippen LogP) is 3.20. The third-order valence-corrected chi connectivity index (χ3v) is 2.93. The van der Waals surface area contributed by atoms with Gasteiger partial charge < -0.3 is 9.84 Å². The van der Waals surface area contributed by atoms with Crippen molar-refractivity contribution in [3.63, 3.8) is 0 Å². The molecule has 0 radical (unpaired) electrons. The standard InChI is InChI=1S/C17H14F2O2/c1-12-10-15(8-7-13(12)5-3-9-20)21-11-14-4-2-6-16(18)17(14)19/h2,4,6-8,10,20H,9,11H2,1H3. The number of aryl methyl sites for hydroxylation is 1. The number of halogens is 2. The molecule has 0 amide bonds. The number of ether oxygens (including phenoxy) is 1. The Hall–Kier alpha value is -2.38. The van der Waals surface area contributed by atoms with Crippen molar-refractivity contribution >= 4 is 0 Å². The fourth-order valence-corrected chi connectivity index (χ4v) is 1.82. The van der Waals surface area contributed by atoms with Crippen molar-refractivity contribution < 1.29 is 18.6 Å². The summed E-state index contributed by atoms with van der Waals surface area (Å²) in [6.45, 7) is 1.61. The van der Waals surface area contributed by atoms with E-state index in [1.807, 2.05) is 6.92 Å². The van der Waals surface area contributed by atoms with Crippen molar-refractivity contribution in [2.45, 2.75) is 13.5 Å². The Bertz CT molecular complexity index is 700. The molecule has 0 bridgehead atoms. The molecule has 2 aromatic rings. The van der Waals surface area contributed by atoms with Gasteiger partial charge in [-0.25, -0.2) is 8.78 Å². The van der Waals surface area contributed by atoms with Crippen molar-refractivity contribution in [2.24, 2.45) is 0 Å². The van der Waals surface area contributed by atoms with Crippen LogP contribution in [-0.2, 0) is 6.61 Å². The van der Waals surface area contributed by atoms with Gasteiger partial charge in [0.2, 0.25) is 0 Å². The van der Waals surface area contributed by atoms with Gasteiger partial charge in [0.25, 0.3) is 0 Å². The number of hydrogen-bond acceptors (Lipinski definition) is 2. The van der Waals surface area contributed by atoms with Crippen molar-refractivity contribution in [2.75, 3.05) is 6.61 Å². The van der Waals surface area contributed by atoms with E-state index in [0.29, 0.717) is 5.75 Å². The molecule has 0 fully saturated rings. The van der Waals surface area contributed by atoms with Crippen LogP contribution in [0.3, 0.4) is 0 Å². The highest BCUT2D eigenvalue weighted by molar-refractivity contribution is 5.44. The van der Waals surface area contributed by atoms with Gasteiger partial charge in [0.15, 0.2) is 11.6 Å². The Morgan fingerprint density at radius 2 is 2.00 bits per heavy atom. The van der Waals surface area contributed by atoms with Gasteiger partial charge in [0, 0.05) is 11.1 Å². The zero-order chi connectivity index (χ0) is 15.2. The molecular formula is C17H14F2O2. The number of hydrogen-bond donors (Lipinski definition) is 1. The number of rotatable bonds is 3. The van der Waals surface area contributed by atoms with Gasteiger partial charge >= 0.3 is 0 Å². The molecule has 108 valence electrons. The Labute approximate surface area is 122 Å². The third kappa shape index (κ3) is 3.80. The molecule has 0 saturated carbocycles. The lowest BCUT2D eigenvalue weighted by Crippen LogP contribution is -2.00. The van der Waals surface area contributed by atoms with E-state index in [0.717, 1.165) is 17.2 Å². The van der Waals surface area contributed by atoms with Crippen LogP contribution in [0, 0.1) is 30.4 Å². The SMILES string of the molecule is Cc1cc(OCc2cccc(F)c2F)ccc1C#CCO. The van der Waals surface area contributed by atoms with Crippen LogP contribution in [0.5, 0.6) is 5.75 Å². The van der Waals surface area contributed by atoms with Gasteiger partial charge in [-0.15, -0.1) is 0 Å². The van der Waals surface area contributed by atoms with Gasteiger partial charge in [-0.2, -0.15) is 0 Å². The van der Waals surface area contributed by atoms with E-state index in [1.54, 1.807) is 18.2 Å². The van der Waals surface area contributed by atoms with Gasteiger partial charge in [-0.05, 0) is 36.8 Å². The molecule has 0 unspecified atom stereocenters. The molecule has 2 rings (SSSR count). The van der Waals surface area contributed by atoms with E-state index in [-0.39, 0.29) is 18.8 Å². The minimum atomic E-state index is -0.889. The molecule has 0 atom stereocenters. The zero-order valence-corrected chi connectivity index (χ0v) is 11.5. The van der Waals surface area contributed by atoms with Crippen LogP contribution in [-0.4, -0.2) is 11.7 Å². The molecule has 0 saturated heterocycles. The maximum absolute atomic E-state index is 13.5. The number of benzene rings is 2. The summed E-state index contributed by atoms with van der Waals surface area (Å²) in [7, 11) is 0. The maximum atomic E-state index is 13.5. The summed E-state index contributed by atoms with van der Waals surface area (Å²) in [6, 6.07) is 9.21. The molecule has 21 heavy (non-hydrogen) atoms. The third-order valence-electron chi connectivity index (χ3n) is 2.93. The molecule has 0 heterocycles. The monoisotopic (exact) mass is 288 g/mol. The van der Waals surface area contributed by atoms with Gasteiger partial charge in [-0.1, -0.05) is 24.0 Å². The number of aliphatic hydroxyl groups is 1. The number of aliphatic hydroxyl groups excluding tert-OH is 1. The first-order valence-corrected chi connectivity index (χ1v) is 6.38. The van der Waals surface area contributed by atoms with Crippen LogP contribution in [0.25, 0.3) is 0 Å². The van der Waals surface area contributed by atoms with Gasteiger partial charge in [-0.3, -0.25) is 0 Å². The van der Waals surface area contributed by atoms with Crippen molar-refractivity contribution in [1.82, 2.24) is 0 Å². The Morgan fingerprint density at radius 3 is 2.71 bits per heavy atom. The summed E-state index contributed by atoms with van der Waals surface area (Å²) in [5.74, 6) is 4.16. The summed E-state index contributed by atoms with van der Waals surface area (Å²) in [4.78, 5) is 0. The smallest absolute Gasteiger partial charge is 0.165 e. The molecular weight excluding hydrogens is 274 g/mol. The van der Waals surface area contributed by atoms with E-state index < -0.39 is 11.6 Å². The largest absolute Gasteiger partial charge is 0.489 e. The molecule has 0 spiro atoms. The molecule has 2 aromatic carbocycles. The first-order chi connectivity index (χ1) is 10.1. The quantitative estimate of drug-likeness (QED) is 0.879. The van der Waals surface area contributed by atoms with Crippen molar-refractivity contribution in [3.8, 4) is 17.6 Å². The zero-order valence-electron chi connectivity index (χ0n) is 11.5. The normalized spacial score (nSPS) is 9.90. The topological polar surface area (TPSA) is 29.5 Å². The summed E-state index contributed by atoms with van der Waals surface area (Å²) < 4.78 is 32.0. The average molecular weight is 288 g/mol. The van der Waals surface area contributed by atoms with Crippen LogP contribution in [0.1, 0.15) is 16.7 Å². The second-order valence-electron chi connectivity index (χ2n) is 4.44. The first kappa shape index (κ1) is 15.0. The summed E-state index contributed by atoms with van der Waals surface area (Å²) in [5, 5.41) is 8.67. The highest BCUT2D eigenvalue weighted by atomic mass is 19.2. The first-order valence-electron chi connectivity index (χ1n) is 6.38. The minimum Gasteiger partial charge on any atom is -0.489 e. The van der Waals surface area contributed by atoms with Crippen molar-refractivity contribution in [1.29, 1.82) is 0 Å². The summed E-state index contributed by atoms with van der Waals surface area (Å²) >= 11 is 0. The van der Waals surface area contributed by atoms with E-state index in [2.05, 4.69) is 11.8 Å². The lowest BCUT2D eigenvalue weighted by Gasteiger charge is -2.09. The average Bonchev–Trinajstić information content (AvgIpc) is 2.48. The molecule has 0 aliphatic carbocycles. The van der Waals surface area contributed by atoms with E-state index >= 15 is 0 Å². The van der Waals surface area contributed by atoms with E-state index in [4.69, 9.17) is 9.84 Å². The molecule has 1 N–H and O–H groups in total. The van der Waals surface area contributed by atoms with Gasteiger partial charge in [0.1, 0.15) is 19.0 Å².